The molecule has 20 heavy (non-hydrogen) atoms. The molecular weight excluding hydrogens is 254 g/mol. The predicted molar refractivity (Wildman–Crippen MR) is 78.4 cm³/mol. The van der Waals surface area contributed by atoms with Crippen LogP contribution in [0.1, 0.15) is 31.7 Å². The Morgan fingerprint density at radius 3 is 2.40 bits per heavy atom. The standard InChI is InChI=1S/C16H21NO3/c1-4-13(14-8-6-5-7-9-14)10-15(18)17-12(3)11(2)16(19)20/h4-9,11-13H,1,10H2,2-3H3,(H,17,18)(H,19,20). The first-order chi connectivity index (χ1) is 9.45. The number of aliphatic carboxylic acids is 1. The van der Waals surface area contributed by atoms with E-state index in [4.69, 9.17) is 5.11 Å². The minimum atomic E-state index is -0.916. The van der Waals surface area contributed by atoms with Gasteiger partial charge in [0.15, 0.2) is 0 Å². The summed E-state index contributed by atoms with van der Waals surface area (Å²) in [6.45, 7) is 7.03. The molecule has 0 saturated carbocycles. The van der Waals surface area contributed by atoms with E-state index in [1.54, 1.807) is 19.9 Å². The van der Waals surface area contributed by atoms with E-state index in [0.717, 1.165) is 5.56 Å². The molecule has 0 aliphatic heterocycles. The zero-order chi connectivity index (χ0) is 15.1. The SMILES string of the molecule is C=CC(CC(=O)NC(C)C(C)C(=O)O)c1ccccc1. The van der Waals surface area contributed by atoms with Crippen LogP contribution in [0.4, 0.5) is 0 Å². The van der Waals surface area contributed by atoms with E-state index in [9.17, 15) is 9.59 Å². The molecule has 0 fully saturated rings. The molecule has 4 heteroatoms. The quantitative estimate of drug-likeness (QED) is 0.752. The van der Waals surface area contributed by atoms with Crippen molar-refractivity contribution in [2.75, 3.05) is 0 Å². The van der Waals surface area contributed by atoms with Crippen molar-refractivity contribution in [1.29, 1.82) is 0 Å². The minimum absolute atomic E-state index is 0.0662. The Morgan fingerprint density at radius 2 is 1.90 bits per heavy atom. The van der Waals surface area contributed by atoms with Crippen molar-refractivity contribution in [3.8, 4) is 0 Å². The molecule has 0 aliphatic carbocycles. The number of carboxylic acids is 1. The third-order valence-corrected chi connectivity index (χ3v) is 3.45. The lowest BCUT2D eigenvalue weighted by Gasteiger charge is -2.19. The van der Waals surface area contributed by atoms with E-state index in [1.807, 2.05) is 30.3 Å². The summed E-state index contributed by atoms with van der Waals surface area (Å²) < 4.78 is 0. The molecule has 0 saturated heterocycles. The van der Waals surface area contributed by atoms with Gasteiger partial charge in [-0.1, -0.05) is 36.4 Å². The number of rotatable bonds is 7. The molecule has 3 atom stereocenters. The third-order valence-electron chi connectivity index (χ3n) is 3.45. The van der Waals surface area contributed by atoms with Crippen molar-refractivity contribution in [2.24, 2.45) is 5.92 Å². The molecule has 2 N–H and O–H groups in total. The highest BCUT2D eigenvalue weighted by molar-refractivity contribution is 5.79. The van der Waals surface area contributed by atoms with Gasteiger partial charge in [-0.05, 0) is 19.4 Å². The lowest BCUT2D eigenvalue weighted by atomic mass is 9.95. The molecule has 0 radical (unpaired) electrons. The van der Waals surface area contributed by atoms with Crippen molar-refractivity contribution in [3.63, 3.8) is 0 Å². The summed E-state index contributed by atoms with van der Waals surface area (Å²) >= 11 is 0. The van der Waals surface area contributed by atoms with Gasteiger partial charge < -0.3 is 10.4 Å². The highest BCUT2D eigenvalue weighted by Crippen LogP contribution is 2.20. The Morgan fingerprint density at radius 1 is 1.30 bits per heavy atom. The maximum atomic E-state index is 12.0. The predicted octanol–water partition coefficient (Wildman–Crippen LogP) is 2.57. The van der Waals surface area contributed by atoms with Crippen molar-refractivity contribution in [3.05, 3.63) is 48.6 Å². The first-order valence-corrected chi connectivity index (χ1v) is 6.65. The number of carbonyl (C=O) groups is 2. The van der Waals surface area contributed by atoms with E-state index in [1.165, 1.54) is 0 Å². The number of allylic oxidation sites excluding steroid dienone is 1. The Bertz CT molecular complexity index is 470. The Balaban J connectivity index is 2.61. The summed E-state index contributed by atoms with van der Waals surface area (Å²) in [5, 5.41) is 11.6. The van der Waals surface area contributed by atoms with E-state index in [-0.39, 0.29) is 18.2 Å². The summed E-state index contributed by atoms with van der Waals surface area (Å²) in [6, 6.07) is 9.24. The second kappa shape index (κ2) is 7.48. The fraction of sp³-hybridized carbons (Fsp3) is 0.375. The normalized spacial score (nSPS) is 14.9. The lowest BCUT2D eigenvalue weighted by Crippen LogP contribution is -2.40. The van der Waals surface area contributed by atoms with Gasteiger partial charge in [-0.25, -0.2) is 0 Å². The van der Waals surface area contributed by atoms with Crippen LogP contribution in [0.2, 0.25) is 0 Å². The van der Waals surface area contributed by atoms with Crippen LogP contribution >= 0.6 is 0 Å². The largest absolute Gasteiger partial charge is 0.481 e. The van der Waals surface area contributed by atoms with E-state index in [0.29, 0.717) is 0 Å². The topological polar surface area (TPSA) is 66.4 Å². The van der Waals surface area contributed by atoms with Gasteiger partial charge in [0, 0.05) is 18.4 Å². The number of amides is 1. The van der Waals surface area contributed by atoms with Crippen LogP contribution < -0.4 is 5.32 Å². The van der Waals surface area contributed by atoms with Gasteiger partial charge in [-0.3, -0.25) is 9.59 Å². The van der Waals surface area contributed by atoms with Crippen LogP contribution in [0.15, 0.2) is 43.0 Å². The van der Waals surface area contributed by atoms with Crippen LogP contribution in [-0.2, 0) is 9.59 Å². The fourth-order valence-electron chi connectivity index (χ4n) is 1.89. The highest BCUT2D eigenvalue weighted by Gasteiger charge is 2.22. The van der Waals surface area contributed by atoms with Crippen LogP contribution in [-0.4, -0.2) is 23.0 Å². The average Bonchev–Trinajstić information content (AvgIpc) is 2.44. The first kappa shape index (κ1) is 16.0. The summed E-state index contributed by atoms with van der Waals surface area (Å²) in [6.07, 6.45) is 2.00. The van der Waals surface area contributed by atoms with E-state index in [2.05, 4.69) is 11.9 Å². The minimum Gasteiger partial charge on any atom is -0.481 e. The molecule has 1 rings (SSSR count). The smallest absolute Gasteiger partial charge is 0.308 e. The Hall–Kier alpha value is -2.10. The maximum absolute atomic E-state index is 12.0. The summed E-state index contributed by atoms with van der Waals surface area (Å²) in [5.41, 5.74) is 1.02. The van der Waals surface area contributed by atoms with Gasteiger partial charge in [-0.2, -0.15) is 0 Å². The van der Waals surface area contributed by atoms with Crippen LogP contribution in [0.25, 0.3) is 0 Å². The first-order valence-electron chi connectivity index (χ1n) is 6.65. The van der Waals surface area contributed by atoms with Gasteiger partial charge in [0.2, 0.25) is 5.91 Å². The second-order valence-corrected chi connectivity index (χ2v) is 4.94. The van der Waals surface area contributed by atoms with E-state index < -0.39 is 17.9 Å². The summed E-state index contributed by atoms with van der Waals surface area (Å²) in [5.74, 6) is -1.76. The van der Waals surface area contributed by atoms with Crippen molar-refractivity contribution in [1.82, 2.24) is 5.32 Å². The summed E-state index contributed by atoms with van der Waals surface area (Å²) in [7, 11) is 0. The van der Waals surface area contributed by atoms with Crippen LogP contribution in [0, 0.1) is 5.92 Å². The molecule has 1 aromatic carbocycles. The molecule has 4 nitrogen and oxygen atoms in total. The zero-order valence-electron chi connectivity index (χ0n) is 11.9. The van der Waals surface area contributed by atoms with Gasteiger partial charge in [0.1, 0.15) is 0 Å². The summed E-state index contributed by atoms with van der Waals surface area (Å²) in [4.78, 5) is 22.8. The molecular formula is C16H21NO3. The van der Waals surface area contributed by atoms with Gasteiger partial charge in [0.05, 0.1) is 5.92 Å². The molecule has 3 unspecified atom stereocenters. The van der Waals surface area contributed by atoms with Crippen molar-refractivity contribution in [2.45, 2.75) is 32.2 Å². The number of carboxylic acid groups (broad SMARTS) is 1. The van der Waals surface area contributed by atoms with Gasteiger partial charge >= 0.3 is 5.97 Å². The van der Waals surface area contributed by atoms with E-state index >= 15 is 0 Å². The number of benzene rings is 1. The molecule has 108 valence electrons. The van der Waals surface area contributed by atoms with Crippen molar-refractivity contribution >= 4 is 11.9 Å². The monoisotopic (exact) mass is 275 g/mol. The zero-order valence-corrected chi connectivity index (χ0v) is 11.9. The third kappa shape index (κ3) is 4.53. The molecule has 0 aromatic heterocycles. The van der Waals surface area contributed by atoms with Crippen molar-refractivity contribution < 1.29 is 14.7 Å². The lowest BCUT2D eigenvalue weighted by molar-refractivity contribution is -0.142. The molecule has 1 amide bonds. The number of nitrogens with one attached hydrogen (secondary N) is 1. The Labute approximate surface area is 119 Å². The van der Waals surface area contributed by atoms with Gasteiger partial charge in [-0.15, -0.1) is 6.58 Å². The molecule has 0 bridgehead atoms. The van der Waals surface area contributed by atoms with Gasteiger partial charge in [0.25, 0.3) is 0 Å². The number of carbonyl (C=O) groups excluding carboxylic acids is 1. The molecule has 1 aromatic rings. The van der Waals surface area contributed by atoms with Crippen LogP contribution in [0.5, 0.6) is 0 Å². The second-order valence-electron chi connectivity index (χ2n) is 4.94. The number of hydrogen-bond acceptors (Lipinski definition) is 2. The number of hydrogen-bond donors (Lipinski definition) is 2. The highest BCUT2D eigenvalue weighted by atomic mass is 16.4. The maximum Gasteiger partial charge on any atom is 0.308 e. The fourth-order valence-corrected chi connectivity index (χ4v) is 1.89. The average molecular weight is 275 g/mol. The Kier molecular flexibility index (Phi) is 5.97. The van der Waals surface area contributed by atoms with Crippen LogP contribution in [0.3, 0.4) is 0 Å². The molecule has 0 aliphatic rings. The molecule has 0 heterocycles. The molecule has 0 spiro atoms.